The van der Waals surface area contributed by atoms with E-state index >= 15 is 0 Å². The second kappa shape index (κ2) is 7.10. The van der Waals surface area contributed by atoms with E-state index in [-0.39, 0.29) is 11.9 Å². The molecule has 0 aromatic heterocycles. The summed E-state index contributed by atoms with van der Waals surface area (Å²) in [5.41, 5.74) is 2.38. The summed E-state index contributed by atoms with van der Waals surface area (Å²) in [6.45, 7) is 3.01. The summed E-state index contributed by atoms with van der Waals surface area (Å²) in [7, 11) is 0. The van der Waals surface area contributed by atoms with Crippen molar-refractivity contribution in [2.45, 2.75) is 38.4 Å². The van der Waals surface area contributed by atoms with Gasteiger partial charge in [0.1, 0.15) is 6.10 Å². The van der Waals surface area contributed by atoms with E-state index in [4.69, 9.17) is 9.84 Å². The van der Waals surface area contributed by atoms with Crippen LogP contribution in [0.25, 0.3) is 0 Å². The van der Waals surface area contributed by atoms with Gasteiger partial charge in [-0.05, 0) is 43.9 Å². The van der Waals surface area contributed by atoms with Gasteiger partial charge in [0.25, 0.3) is 5.91 Å². The normalized spacial score (nSPS) is 21.7. The molecule has 0 bridgehead atoms. The Morgan fingerprint density at radius 3 is 2.72 bits per heavy atom. The van der Waals surface area contributed by atoms with Crippen molar-refractivity contribution in [2.24, 2.45) is 0 Å². The smallest absolute Gasteiger partial charge is 0.332 e. The van der Waals surface area contributed by atoms with E-state index in [1.165, 1.54) is 0 Å². The lowest BCUT2D eigenvalue weighted by Gasteiger charge is -2.18. The average Bonchev–Trinajstić information content (AvgIpc) is 3.22. The first-order chi connectivity index (χ1) is 12.0. The zero-order chi connectivity index (χ0) is 18.0. The van der Waals surface area contributed by atoms with E-state index in [0.29, 0.717) is 31.6 Å². The Hall–Kier alpha value is -2.61. The largest absolute Gasteiger partial charge is 0.479 e. The summed E-state index contributed by atoms with van der Waals surface area (Å²) >= 11 is 0. The van der Waals surface area contributed by atoms with E-state index in [1.54, 1.807) is 17.0 Å². The topological polar surface area (TPSA) is 108 Å². The van der Waals surface area contributed by atoms with Crippen molar-refractivity contribution in [1.29, 1.82) is 0 Å². The summed E-state index contributed by atoms with van der Waals surface area (Å²) < 4.78 is 5.25. The van der Waals surface area contributed by atoms with Crippen LogP contribution >= 0.6 is 0 Å². The van der Waals surface area contributed by atoms with Gasteiger partial charge < -0.3 is 20.5 Å². The molecule has 0 spiro atoms. The number of hydrogen-bond acceptors (Lipinski definition) is 4. The molecule has 8 heteroatoms. The standard InChI is InChI=1S/C17H21N3O5/c1-2-18-17(24)20-8-7-10-3-4-11(9-12(10)20)19-15(21)13-5-6-14(25-13)16(22)23/h3-4,9,13-14H,2,5-8H2,1H3,(H,18,24)(H,19,21)(H,22,23)/t13-,14+/m0/s1. The maximum absolute atomic E-state index is 12.3. The van der Waals surface area contributed by atoms with Crippen LogP contribution in [0.3, 0.4) is 0 Å². The lowest BCUT2D eigenvalue weighted by molar-refractivity contribution is -0.150. The number of benzene rings is 1. The highest BCUT2D eigenvalue weighted by atomic mass is 16.5. The lowest BCUT2D eigenvalue weighted by atomic mass is 10.1. The number of carboxylic acids is 1. The van der Waals surface area contributed by atoms with Crippen molar-refractivity contribution < 1.29 is 24.2 Å². The molecule has 3 amide bonds. The maximum Gasteiger partial charge on any atom is 0.332 e. The molecule has 3 rings (SSSR count). The third kappa shape index (κ3) is 3.58. The van der Waals surface area contributed by atoms with Gasteiger partial charge >= 0.3 is 12.0 Å². The van der Waals surface area contributed by atoms with Crippen molar-refractivity contribution in [3.8, 4) is 0 Å². The number of urea groups is 1. The number of nitrogens with one attached hydrogen (secondary N) is 2. The molecule has 2 heterocycles. The Morgan fingerprint density at radius 1 is 1.28 bits per heavy atom. The highest BCUT2D eigenvalue weighted by Gasteiger charge is 2.35. The van der Waals surface area contributed by atoms with Crippen molar-refractivity contribution in [3.05, 3.63) is 23.8 Å². The second-order valence-corrected chi connectivity index (χ2v) is 6.10. The monoisotopic (exact) mass is 347 g/mol. The summed E-state index contributed by atoms with van der Waals surface area (Å²) in [4.78, 5) is 36.9. The Bertz CT molecular complexity index is 706. The fraction of sp³-hybridized carbons (Fsp3) is 0.471. The Kier molecular flexibility index (Phi) is 4.89. The number of aliphatic carboxylic acids is 1. The molecular weight excluding hydrogens is 326 g/mol. The molecule has 0 saturated carbocycles. The molecular formula is C17H21N3O5. The number of rotatable bonds is 4. The maximum atomic E-state index is 12.3. The van der Waals surface area contributed by atoms with Gasteiger partial charge in [0.15, 0.2) is 6.10 Å². The van der Waals surface area contributed by atoms with Crippen LogP contribution in [0.4, 0.5) is 16.2 Å². The summed E-state index contributed by atoms with van der Waals surface area (Å²) in [5.74, 6) is -1.42. The van der Waals surface area contributed by atoms with Gasteiger partial charge in [-0.1, -0.05) is 6.07 Å². The molecule has 0 aliphatic carbocycles. The van der Waals surface area contributed by atoms with Gasteiger partial charge in [-0.3, -0.25) is 9.69 Å². The Balaban J connectivity index is 1.68. The van der Waals surface area contributed by atoms with Crippen molar-refractivity contribution in [1.82, 2.24) is 5.32 Å². The molecule has 1 saturated heterocycles. The van der Waals surface area contributed by atoms with Gasteiger partial charge in [0, 0.05) is 18.8 Å². The van der Waals surface area contributed by atoms with Crippen LogP contribution in [-0.2, 0) is 20.7 Å². The molecule has 0 unspecified atom stereocenters. The molecule has 8 nitrogen and oxygen atoms in total. The summed E-state index contributed by atoms with van der Waals surface area (Å²) in [6.07, 6.45) is -0.230. The van der Waals surface area contributed by atoms with Crippen molar-refractivity contribution >= 4 is 29.3 Å². The molecule has 134 valence electrons. The minimum Gasteiger partial charge on any atom is -0.479 e. The fourth-order valence-corrected chi connectivity index (χ4v) is 3.15. The zero-order valence-electron chi connectivity index (χ0n) is 13.9. The fourth-order valence-electron chi connectivity index (χ4n) is 3.15. The van der Waals surface area contributed by atoms with Crippen LogP contribution < -0.4 is 15.5 Å². The molecule has 1 aromatic carbocycles. The molecule has 2 aliphatic heterocycles. The predicted octanol–water partition coefficient (Wildman–Crippen LogP) is 1.35. The van der Waals surface area contributed by atoms with Crippen LogP contribution in [-0.4, -0.2) is 48.3 Å². The van der Waals surface area contributed by atoms with Gasteiger partial charge in [0.05, 0.1) is 5.69 Å². The van der Waals surface area contributed by atoms with E-state index < -0.39 is 18.2 Å². The quantitative estimate of drug-likeness (QED) is 0.762. The first-order valence-corrected chi connectivity index (χ1v) is 8.37. The molecule has 1 fully saturated rings. The number of hydrogen-bond donors (Lipinski definition) is 3. The average molecular weight is 347 g/mol. The number of amides is 3. The summed E-state index contributed by atoms with van der Waals surface area (Å²) in [6, 6.07) is 5.27. The van der Waals surface area contributed by atoms with Crippen LogP contribution in [0, 0.1) is 0 Å². The highest BCUT2D eigenvalue weighted by molar-refractivity contribution is 5.98. The Labute approximate surface area is 145 Å². The predicted molar refractivity (Wildman–Crippen MR) is 90.7 cm³/mol. The number of carboxylic acid groups (broad SMARTS) is 1. The number of carbonyl (C=O) groups is 3. The zero-order valence-corrected chi connectivity index (χ0v) is 13.9. The molecule has 3 N–H and O–H groups in total. The van der Waals surface area contributed by atoms with Gasteiger partial charge in [-0.25, -0.2) is 9.59 Å². The van der Waals surface area contributed by atoms with E-state index in [2.05, 4.69) is 10.6 Å². The minimum atomic E-state index is -1.05. The van der Waals surface area contributed by atoms with E-state index in [1.807, 2.05) is 13.0 Å². The molecule has 0 radical (unpaired) electrons. The number of carbonyl (C=O) groups excluding carboxylic acids is 2. The van der Waals surface area contributed by atoms with Crippen molar-refractivity contribution in [2.75, 3.05) is 23.3 Å². The lowest BCUT2D eigenvalue weighted by Crippen LogP contribution is -2.38. The minimum absolute atomic E-state index is 0.159. The molecule has 25 heavy (non-hydrogen) atoms. The van der Waals surface area contributed by atoms with Crippen LogP contribution in [0.2, 0.25) is 0 Å². The number of nitrogens with zero attached hydrogens (tertiary/aromatic N) is 1. The molecule has 2 atom stereocenters. The van der Waals surface area contributed by atoms with Gasteiger partial charge in [-0.15, -0.1) is 0 Å². The van der Waals surface area contributed by atoms with E-state index in [0.717, 1.165) is 17.7 Å². The third-order valence-electron chi connectivity index (χ3n) is 4.41. The number of anilines is 2. The highest BCUT2D eigenvalue weighted by Crippen LogP contribution is 2.31. The summed E-state index contributed by atoms with van der Waals surface area (Å²) in [5, 5.41) is 14.5. The first-order valence-electron chi connectivity index (χ1n) is 8.37. The SMILES string of the molecule is CCNC(=O)N1CCc2ccc(NC(=O)[C@@H]3CC[C@H](C(=O)O)O3)cc21. The molecule has 1 aromatic rings. The van der Waals surface area contributed by atoms with E-state index in [9.17, 15) is 14.4 Å². The van der Waals surface area contributed by atoms with Gasteiger partial charge in [0.2, 0.25) is 0 Å². The molecule has 2 aliphatic rings. The third-order valence-corrected chi connectivity index (χ3v) is 4.41. The van der Waals surface area contributed by atoms with Gasteiger partial charge in [-0.2, -0.15) is 0 Å². The number of ether oxygens (including phenoxy) is 1. The van der Waals surface area contributed by atoms with Crippen LogP contribution in [0.1, 0.15) is 25.3 Å². The van der Waals surface area contributed by atoms with Crippen LogP contribution in [0.5, 0.6) is 0 Å². The first kappa shape index (κ1) is 17.2. The van der Waals surface area contributed by atoms with Crippen molar-refractivity contribution in [3.63, 3.8) is 0 Å². The number of fused-ring (bicyclic) bond motifs is 1. The Morgan fingerprint density at radius 2 is 2.04 bits per heavy atom. The second-order valence-electron chi connectivity index (χ2n) is 6.10. The van der Waals surface area contributed by atoms with Crippen LogP contribution in [0.15, 0.2) is 18.2 Å².